The van der Waals surface area contributed by atoms with E-state index in [1.165, 1.54) is 25.7 Å². The number of carbonyl (C=O) groups excluding carboxylic acids is 1. The second-order valence-corrected chi connectivity index (χ2v) is 7.62. The Hall–Kier alpha value is -0.970. The van der Waals surface area contributed by atoms with E-state index in [1.807, 2.05) is 18.7 Å². The molecule has 0 bridgehead atoms. The van der Waals surface area contributed by atoms with Gasteiger partial charge < -0.3 is 4.90 Å². The first-order valence-electron chi connectivity index (χ1n) is 8.71. The highest BCUT2D eigenvalue weighted by Gasteiger charge is 2.43. The molecule has 1 aliphatic rings. The first-order chi connectivity index (χ1) is 11.4. The van der Waals surface area contributed by atoms with Crippen LogP contribution in [0.25, 0.3) is 0 Å². The summed E-state index contributed by atoms with van der Waals surface area (Å²) < 4.78 is 0. The fraction of sp³-hybridized carbons (Fsp3) is 0.611. The van der Waals surface area contributed by atoms with Crippen molar-refractivity contribution in [1.29, 1.82) is 0 Å². The van der Waals surface area contributed by atoms with Gasteiger partial charge in [-0.3, -0.25) is 0 Å². The molecule has 1 N–H and O–H groups in total. The van der Waals surface area contributed by atoms with Crippen molar-refractivity contribution in [2.45, 2.75) is 65.0 Å². The van der Waals surface area contributed by atoms with Gasteiger partial charge in [-0.25, -0.2) is 15.2 Å². The molecule has 1 saturated heterocycles. The number of hydrazine groups is 1. The predicted octanol–water partition coefficient (Wildman–Crippen LogP) is 5.84. The Morgan fingerprint density at radius 2 is 1.71 bits per heavy atom. The quantitative estimate of drug-likeness (QED) is 0.582. The molecular weight excluding hydrogens is 345 g/mol. The van der Waals surface area contributed by atoms with Crippen LogP contribution in [0.5, 0.6) is 0 Å². The summed E-state index contributed by atoms with van der Waals surface area (Å²) >= 11 is 12.0. The summed E-state index contributed by atoms with van der Waals surface area (Å²) in [6.07, 6.45) is 7.24. The number of anilines is 1. The third-order valence-electron chi connectivity index (χ3n) is 4.38. The maximum absolute atomic E-state index is 12.8. The zero-order valence-electron chi connectivity index (χ0n) is 14.7. The Morgan fingerprint density at radius 1 is 1.04 bits per heavy atom. The van der Waals surface area contributed by atoms with Gasteiger partial charge in [-0.2, -0.15) is 0 Å². The van der Waals surface area contributed by atoms with E-state index >= 15 is 0 Å². The molecule has 24 heavy (non-hydrogen) atoms. The average molecular weight is 372 g/mol. The predicted molar refractivity (Wildman–Crippen MR) is 102 cm³/mol. The molecule has 0 saturated carbocycles. The van der Waals surface area contributed by atoms with Crippen molar-refractivity contribution in [3.05, 3.63) is 28.2 Å². The summed E-state index contributed by atoms with van der Waals surface area (Å²) in [7, 11) is 0. The van der Waals surface area contributed by atoms with E-state index in [1.54, 1.807) is 23.2 Å². The van der Waals surface area contributed by atoms with Crippen LogP contribution in [-0.2, 0) is 0 Å². The smallest absolute Gasteiger partial charge is 0.304 e. The molecule has 1 heterocycles. The number of hydrogen-bond acceptors (Lipinski definition) is 2. The van der Waals surface area contributed by atoms with Crippen LogP contribution < -0.4 is 10.4 Å². The van der Waals surface area contributed by atoms with Crippen LogP contribution >= 0.6 is 23.2 Å². The minimum Gasteiger partial charge on any atom is -0.304 e. The van der Waals surface area contributed by atoms with Crippen molar-refractivity contribution >= 4 is 34.9 Å². The number of benzene rings is 1. The van der Waals surface area contributed by atoms with E-state index in [2.05, 4.69) is 12.3 Å². The third kappa shape index (κ3) is 4.56. The van der Waals surface area contributed by atoms with Crippen molar-refractivity contribution in [2.24, 2.45) is 0 Å². The van der Waals surface area contributed by atoms with Crippen molar-refractivity contribution in [3.63, 3.8) is 0 Å². The van der Waals surface area contributed by atoms with Crippen molar-refractivity contribution in [2.75, 3.05) is 11.6 Å². The normalized spacial score (nSPS) is 17.0. The van der Waals surface area contributed by atoms with Crippen LogP contribution in [0.15, 0.2) is 18.2 Å². The van der Waals surface area contributed by atoms with Crippen molar-refractivity contribution in [3.8, 4) is 0 Å². The van der Waals surface area contributed by atoms with Crippen LogP contribution in [0, 0.1) is 0 Å². The Bertz CT molecular complexity index is 577. The summed E-state index contributed by atoms with van der Waals surface area (Å²) in [6.45, 7) is 7.00. The number of nitrogens with one attached hydrogen (secondary N) is 1. The second kappa shape index (κ2) is 8.41. The number of halogens is 2. The molecule has 4 nitrogen and oxygen atoms in total. The summed E-state index contributed by atoms with van der Waals surface area (Å²) in [5.74, 6) is 0. The molecule has 0 unspecified atom stereocenters. The molecule has 1 aliphatic heterocycles. The molecule has 1 aromatic carbocycles. The minimum atomic E-state index is -0.424. The highest BCUT2D eigenvalue weighted by Crippen LogP contribution is 2.31. The molecule has 6 heteroatoms. The molecule has 0 spiro atoms. The van der Waals surface area contributed by atoms with Crippen LogP contribution in [0.2, 0.25) is 10.0 Å². The lowest BCUT2D eigenvalue weighted by Crippen LogP contribution is -2.48. The van der Waals surface area contributed by atoms with Gasteiger partial charge >= 0.3 is 6.03 Å². The van der Waals surface area contributed by atoms with Gasteiger partial charge in [-0.05, 0) is 38.5 Å². The zero-order chi connectivity index (χ0) is 17.7. The Balaban J connectivity index is 1.97. The topological polar surface area (TPSA) is 35.6 Å². The Kier molecular flexibility index (Phi) is 6.79. The van der Waals surface area contributed by atoms with Crippen LogP contribution in [0.3, 0.4) is 0 Å². The molecule has 0 aromatic heterocycles. The molecule has 0 radical (unpaired) electrons. The SMILES string of the molecule is CCCCCCCCN1C(=O)N(c2ccc(Cl)c(Cl)c2)NC1(C)C. The third-order valence-corrected chi connectivity index (χ3v) is 5.12. The highest BCUT2D eigenvalue weighted by molar-refractivity contribution is 6.42. The summed E-state index contributed by atoms with van der Waals surface area (Å²) in [5.41, 5.74) is 3.54. The highest BCUT2D eigenvalue weighted by atomic mass is 35.5. The number of carbonyl (C=O) groups is 1. The van der Waals surface area contributed by atoms with Crippen LogP contribution in [0.4, 0.5) is 10.5 Å². The summed E-state index contributed by atoms with van der Waals surface area (Å²) in [4.78, 5) is 14.7. The zero-order valence-corrected chi connectivity index (χ0v) is 16.3. The number of unbranched alkanes of at least 4 members (excludes halogenated alkanes) is 5. The standard InChI is InChI=1S/C18H27Cl2N3O/c1-4-5-6-7-8-9-12-22-17(24)23(21-18(22,2)3)14-10-11-15(19)16(20)13-14/h10-11,13,21H,4-9,12H2,1-3H3. The van der Waals surface area contributed by atoms with E-state index < -0.39 is 5.66 Å². The first-order valence-corrected chi connectivity index (χ1v) is 9.47. The molecule has 0 atom stereocenters. The van der Waals surface area contributed by atoms with Crippen LogP contribution in [0.1, 0.15) is 59.3 Å². The lowest BCUT2D eigenvalue weighted by atomic mass is 10.1. The number of nitrogens with zero attached hydrogens (tertiary/aromatic N) is 2. The number of hydrogen-bond donors (Lipinski definition) is 1. The van der Waals surface area contributed by atoms with Gasteiger partial charge in [0.2, 0.25) is 0 Å². The molecule has 2 rings (SSSR count). The maximum Gasteiger partial charge on any atom is 0.340 e. The monoisotopic (exact) mass is 371 g/mol. The molecule has 134 valence electrons. The largest absolute Gasteiger partial charge is 0.340 e. The molecule has 2 amide bonds. The van der Waals surface area contributed by atoms with E-state index in [0.717, 1.165) is 19.4 Å². The van der Waals surface area contributed by atoms with Gasteiger partial charge in [0, 0.05) is 6.54 Å². The average Bonchev–Trinajstić information content (AvgIpc) is 2.76. The number of amides is 2. The van der Waals surface area contributed by atoms with Crippen molar-refractivity contribution in [1.82, 2.24) is 10.3 Å². The maximum atomic E-state index is 12.8. The fourth-order valence-electron chi connectivity index (χ4n) is 2.97. The fourth-order valence-corrected chi connectivity index (χ4v) is 3.26. The Labute approximate surface area is 155 Å². The summed E-state index contributed by atoms with van der Waals surface area (Å²) in [5, 5.41) is 2.48. The molecule has 0 aliphatic carbocycles. The van der Waals surface area contributed by atoms with E-state index in [4.69, 9.17) is 23.2 Å². The van der Waals surface area contributed by atoms with Crippen molar-refractivity contribution < 1.29 is 4.79 Å². The van der Waals surface area contributed by atoms with E-state index in [9.17, 15) is 4.79 Å². The lowest BCUT2D eigenvalue weighted by molar-refractivity contribution is 0.159. The van der Waals surface area contributed by atoms with Gasteiger partial charge in [0.05, 0.1) is 15.7 Å². The molecular formula is C18H27Cl2N3O. The molecule has 1 fully saturated rings. The van der Waals surface area contributed by atoms with Gasteiger partial charge in [-0.15, -0.1) is 0 Å². The van der Waals surface area contributed by atoms with Gasteiger partial charge in [-0.1, -0.05) is 62.2 Å². The van der Waals surface area contributed by atoms with Crippen LogP contribution in [-0.4, -0.2) is 23.1 Å². The summed E-state index contributed by atoms with van der Waals surface area (Å²) in [6, 6.07) is 5.16. The number of urea groups is 1. The van der Waals surface area contributed by atoms with Gasteiger partial charge in [0.15, 0.2) is 0 Å². The van der Waals surface area contributed by atoms with E-state index in [0.29, 0.717) is 15.7 Å². The first kappa shape index (κ1) is 19.4. The van der Waals surface area contributed by atoms with Gasteiger partial charge in [0.1, 0.15) is 5.66 Å². The van der Waals surface area contributed by atoms with E-state index in [-0.39, 0.29) is 6.03 Å². The molecule has 1 aromatic rings. The second-order valence-electron chi connectivity index (χ2n) is 6.81. The van der Waals surface area contributed by atoms with Gasteiger partial charge in [0.25, 0.3) is 0 Å². The lowest BCUT2D eigenvalue weighted by Gasteiger charge is -2.29. The minimum absolute atomic E-state index is 0.0491. The Morgan fingerprint density at radius 3 is 2.38 bits per heavy atom. The number of rotatable bonds is 8.